The minimum absolute atomic E-state index is 0.0872. The monoisotopic (exact) mass is 332 g/mol. The van der Waals surface area contributed by atoms with E-state index in [1.807, 2.05) is 12.1 Å². The molecule has 0 saturated carbocycles. The molecule has 1 atom stereocenters. The number of aliphatic hydroxyl groups excluding tert-OH is 1. The summed E-state index contributed by atoms with van der Waals surface area (Å²) in [6.07, 6.45) is 1.68. The average Bonchev–Trinajstić information content (AvgIpc) is 2.61. The van der Waals surface area contributed by atoms with E-state index in [0.29, 0.717) is 12.2 Å². The number of carbonyl (C=O) groups excluding carboxylic acids is 1. The van der Waals surface area contributed by atoms with Crippen LogP contribution in [0.3, 0.4) is 0 Å². The smallest absolute Gasteiger partial charge is 0.268 e. The second kappa shape index (κ2) is 8.16. The van der Waals surface area contributed by atoms with Crippen LogP contribution >= 0.6 is 0 Å². The van der Waals surface area contributed by atoms with E-state index in [1.54, 1.807) is 19.2 Å². The summed E-state index contributed by atoms with van der Waals surface area (Å²) in [5.74, 6) is 0.393. The fourth-order valence-corrected chi connectivity index (χ4v) is 2.27. The van der Waals surface area contributed by atoms with Crippen LogP contribution in [0.2, 0.25) is 0 Å². The van der Waals surface area contributed by atoms with Crippen molar-refractivity contribution < 1.29 is 19.4 Å². The highest BCUT2D eigenvalue weighted by atomic mass is 16.5. The van der Waals surface area contributed by atoms with Crippen LogP contribution in [0.15, 0.2) is 41.3 Å². The molecular formula is C17H20N2O5. The third kappa shape index (κ3) is 4.14. The summed E-state index contributed by atoms with van der Waals surface area (Å²) in [5.41, 5.74) is 0.566. The SMILES string of the molecule is COc1ccc(C(CCO)NC(=O)c2cc(=O)c(OC)c[nH]2)cc1. The lowest BCUT2D eigenvalue weighted by molar-refractivity contribution is 0.0924. The standard InChI is InChI=1S/C17H20N2O5/c1-23-12-5-3-11(4-6-12)13(7-8-20)19-17(22)14-9-15(21)16(24-2)10-18-14/h3-6,9-10,13,20H,7-8H2,1-2H3,(H,18,21)(H,19,22). The van der Waals surface area contributed by atoms with E-state index >= 15 is 0 Å². The molecule has 3 N–H and O–H groups in total. The largest absolute Gasteiger partial charge is 0.497 e. The molecule has 7 nitrogen and oxygen atoms in total. The Kier molecular flexibility index (Phi) is 5.97. The van der Waals surface area contributed by atoms with Crippen molar-refractivity contribution in [3.8, 4) is 11.5 Å². The van der Waals surface area contributed by atoms with Crippen molar-refractivity contribution in [2.75, 3.05) is 20.8 Å². The minimum Gasteiger partial charge on any atom is -0.497 e. The Labute approximate surface area is 139 Å². The van der Waals surface area contributed by atoms with Crippen LogP contribution in [0.1, 0.15) is 28.5 Å². The Hall–Kier alpha value is -2.80. The van der Waals surface area contributed by atoms with E-state index < -0.39 is 5.91 Å². The van der Waals surface area contributed by atoms with Crippen LogP contribution in [0.4, 0.5) is 0 Å². The molecule has 0 spiro atoms. The van der Waals surface area contributed by atoms with Gasteiger partial charge in [0.05, 0.1) is 20.3 Å². The summed E-state index contributed by atoms with van der Waals surface area (Å²) in [4.78, 5) is 26.8. The second-order valence-corrected chi connectivity index (χ2v) is 5.09. The fourth-order valence-electron chi connectivity index (χ4n) is 2.27. The summed E-state index contributed by atoms with van der Waals surface area (Å²) in [5, 5.41) is 12.0. The quantitative estimate of drug-likeness (QED) is 0.708. The van der Waals surface area contributed by atoms with E-state index in [0.717, 1.165) is 5.56 Å². The molecule has 0 fully saturated rings. The number of hydrogen-bond acceptors (Lipinski definition) is 5. The van der Waals surface area contributed by atoms with Gasteiger partial charge in [0.1, 0.15) is 11.4 Å². The van der Waals surface area contributed by atoms with Crippen molar-refractivity contribution in [2.24, 2.45) is 0 Å². The molecular weight excluding hydrogens is 312 g/mol. The van der Waals surface area contributed by atoms with Crippen LogP contribution in [0.25, 0.3) is 0 Å². The molecule has 1 aromatic heterocycles. The number of aliphatic hydroxyl groups is 1. The Morgan fingerprint density at radius 1 is 1.25 bits per heavy atom. The molecule has 0 aliphatic heterocycles. The van der Waals surface area contributed by atoms with Crippen molar-refractivity contribution in [3.05, 3.63) is 58.0 Å². The zero-order valence-electron chi connectivity index (χ0n) is 13.5. The minimum atomic E-state index is -0.441. The summed E-state index contributed by atoms with van der Waals surface area (Å²) >= 11 is 0. The van der Waals surface area contributed by atoms with Gasteiger partial charge in [-0.15, -0.1) is 0 Å². The van der Waals surface area contributed by atoms with E-state index in [2.05, 4.69) is 10.3 Å². The van der Waals surface area contributed by atoms with Crippen molar-refractivity contribution in [1.29, 1.82) is 0 Å². The predicted octanol–water partition coefficient (Wildman–Crippen LogP) is 1.25. The fraction of sp³-hybridized carbons (Fsp3) is 0.294. The Bertz CT molecular complexity index is 739. The molecule has 0 radical (unpaired) electrons. The lowest BCUT2D eigenvalue weighted by Gasteiger charge is -2.18. The summed E-state index contributed by atoms with van der Waals surface area (Å²) in [6.45, 7) is -0.0872. The van der Waals surface area contributed by atoms with Crippen molar-refractivity contribution >= 4 is 5.91 Å². The van der Waals surface area contributed by atoms with Crippen molar-refractivity contribution in [2.45, 2.75) is 12.5 Å². The summed E-state index contributed by atoms with van der Waals surface area (Å²) < 4.78 is 9.98. The van der Waals surface area contributed by atoms with E-state index in [-0.39, 0.29) is 29.5 Å². The summed E-state index contributed by atoms with van der Waals surface area (Å²) in [7, 11) is 2.95. The number of amides is 1. The lowest BCUT2D eigenvalue weighted by Crippen LogP contribution is -2.30. The van der Waals surface area contributed by atoms with E-state index in [1.165, 1.54) is 19.4 Å². The first-order valence-corrected chi connectivity index (χ1v) is 7.41. The predicted molar refractivity (Wildman–Crippen MR) is 88.5 cm³/mol. The molecule has 24 heavy (non-hydrogen) atoms. The van der Waals surface area contributed by atoms with Gasteiger partial charge >= 0.3 is 0 Å². The van der Waals surface area contributed by atoms with Gasteiger partial charge in [0, 0.05) is 18.9 Å². The molecule has 0 saturated heterocycles. The molecule has 0 aliphatic carbocycles. The molecule has 1 heterocycles. The van der Waals surface area contributed by atoms with Gasteiger partial charge in [-0.1, -0.05) is 12.1 Å². The summed E-state index contributed by atoms with van der Waals surface area (Å²) in [6, 6.07) is 7.98. The van der Waals surface area contributed by atoms with E-state index in [4.69, 9.17) is 9.47 Å². The number of pyridine rings is 1. The first-order chi connectivity index (χ1) is 11.6. The first-order valence-electron chi connectivity index (χ1n) is 7.41. The Morgan fingerprint density at radius 2 is 1.96 bits per heavy atom. The number of aromatic amines is 1. The topological polar surface area (TPSA) is 101 Å². The van der Waals surface area contributed by atoms with Gasteiger partial charge in [-0.2, -0.15) is 0 Å². The zero-order chi connectivity index (χ0) is 17.5. The Balaban J connectivity index is 2.18. The number of methoxy groups -OCH3 is 2. The van der Waals surface area contributed by atoms with Crippen LogP contribution in [-0.2, 0) is 0 Å². The van der Waals surface area contributed by atoms with Crippen LogP contribution < -0.4 is 20.2 Å². The number of ether oxygens (including phenoxy) is 2. The van der Waals surface area contributed by atoms with Gasteiger partial charge in [0.2, 0.25) is 5.43 Å². The van der Waals surface area contributed by atoms with Gasteiger partial charge < -0.3 is 24.9 Å². The molecule has 0 bridgehead atoms. The van der Waals surface area contributed by atoms with Gasteiger partial charge in [-0.25, -0.2) is 0 Å². The highest BCUT2D eigenvalue weighted by Gasteiger charge is 2.17. The molecule has 2 aromatic rings. The van der Waals surface area contributed by atoms with Gasteiger partial charge in [-0.05, 0) is 24.1 Å². The van der Waals surface area contributed by atoms with Crippen LogP contribution in [0, 0.1) is 0 Å². The number of aromatic nitrogens is 1. The maximum Gasteiger partial charge on any atom is 0.268 e. The van der Waals surface area contributed by atoms with Gasteiger partial charge in [-0.3, -0.25) is 9.59 Å². The molecule has 128 valence electrons. The molecule has 0 aliphatic rings. The molecule has 2 rings (SSSR count). The number of carbonyl (C=O) groups is 1. The highest BCUT2D eigenvalue weighted by Crippen LogP contribution is 2.20. The number of nitrogens with one attached hydrogen (secondary N) is 2. The third-order valence-corrected chi connectivity index (χ3v) is 3.58. The Morgan fingerprint density at radius 3 is 2.50 bits per heavy atom. The van der Waals surface area contributed by atoms with Crippen molar-refractivity contribution in [3.63, 3.8) is 0 Å². The second-order valence-electron chi connectivity index (χ2n) is 5.09. The lowest BCUT2D eigenvalue weighted by atomic mass is 10.0. The maximum atomic E-state index is 12.3. The molecule has 7 heteroatoms. The third-order valence-electron chi connectivity index (χ3n) is 3.58. The van der Waals surface area contributed by atoms with Gasteiger partial charge in [0.25, 0.3) is 5.91 Å². The van der Waals surface area contributed by atoms with Crippen molar-refractivity contribution in [1.82, 2.24) is 10.3 Å². The molecule has 1 aromatic carbocycles. The molecule has 1 unspecified atom stereocenters. The number of benzene rings is 1. The molecule has 1 amide bonds. The average molecular weight is 332 g/mol. The normalized spacial score (nSPS) is 11.6. The van der Waals surface area contributed by atoms with Crippen LogP contribution in [-0.4, -0.2) is 36.8 Å². The zero-order valence-corrected chi connectivity index (χ0v) is 13.5. The maximum absolute atomic E-state index is 12.3. The van der Waals surface area contributed by atoms with E-state index in [9.17, 15) is 14.7 Å². The number of rotatable bonds is 7. The highest BCUT2D eigenvalue weighted by molar-refractivity contribution is 5.92. The van der Waals surface area contributed by atoms with Gasteiger partial charge in [0.15, 0.2) is 5.75 Å². The number of hydrogen-bond donors (Lipinski definition) is 3. The number of H-pyrrole nitrogens is 1. The van der Waals surface area contributed by atoms with Crippen LogP contribution in [0.5, 0.6) is 11.5 Å². The first kappa shape index (κ1) is 17.6.